The number of hydrogen-bond acceptors (Lipinski definition) is 2. The molecule has 0 aliphatic heterocycles. The van der Waals surface area contributed by atoms with Gasteiger partial charge in [0.05, 0.1) is 0 Å². The highest BCUT2D eigenvalue weighted by molar-refractivity contribution is 4.91. The quantitative estimate of drug-likeness (QED) is 0.703. The third kappa shape index (κ3) is 4.98. The summed E-state index contributed by atoms with van der Waals surface area (Å²) in [7, 11) is 0. The van der Waals surface area contributed by atoms with E-state index in [0.29, 0.717) is 0 Å². The largest absolute Gasteiger partial charge is 0.324 e. The van der Waals surface area contributed by atoms with Crippen LogP contribution in [0.1, 0.15) is 53.4 Å². The summed E-state index contributed by atoms with van der Waals surface area (Å²) in [6.07, 6.45) is 5.09. The highest BCUT2D eigenvalue weighted by Gasteiger charge is 2.32. The van der Waals surface area contributed by atoms with Gasteiger partial charge in [0.1, 0.15) is 0 Å². The summed E-state index contributed by atoms with van der Waals surface area (Å²) in [5.41, 5.74) is 6.33. The van der Waals surface area contributed by atoms with Crippen molar-refractivity contribution in [2.45, 2.75) is 65.0 Å². The van der Waals surface area contributed by atoms with Gasteiger partial charge in [-0.1, -0.05) is 27.2 Å². The van der Waals surface area contributed by atoms with Crippen LogP contribution in [0, 0.1) is 5.92 Å². The van der Waals surface area contributed by atoms with Crippen LogP contribution in [-0.2, 0) is 0 Å². The van der Waals surface area contributed by atoms with Crippen LogP contribution in [-0.4, -0.2) is 29.6 Å². The smallest absolute Gasteiger partial charge is 0.0254 e. The summed E-state index contributed by atoms with van der Waals surface area (Å²) >= 11 is 0. The van der Waals surface area contributed by atoms with Crippen molar-refractivity contribution in [3.8, 4) is 0 Å². The predicted octanol–water partition coefficient (Wildman–Crippen LogP) is 2.62. The Morgan fingerprint density at radius 2 is 2.00 bits per heavy atom. The van der Waals surface area contributed by atoms with E-state index in [1.165, 1.54) is 25.8 Å². The van der Waals surface area contributed by atoms with Gasteiger partial charge in [0.2, 0.25) is 0 Å². The van der Waals surface area contributed by atoms with E-state index in [4.69, 9.17) is 5.73 Å². The Labute approximate surface area is 95.2 Å². The van der Waals surface area contributed by atoms with E-state index in [1.807, 2.05) is 0 Å². The normalized spacial score (nSPS) is 21.0. The van der Waals surface area contributed by atoms with Gasteiger partial charge >= 0.3 is 0 Å². The average molecular weight is 212 g/mol. The fourth-order valence-corrected chi connectivity index (χ4v) is 2.37. The van der Waals surface area contributed by atoms with Gasteiger partial charge in [0.15, 0.2) is 0 Å². The monoisotopic (exact) mass is 212 g/mol. The molecule has 1 saturated carbocycles. The van der Waals surface area contributed by atoms with Crippen LogP contribution in [0.15, 0.2) is 0 Å². The van der Waals surface area contributed by atoms with Gasteiger partial charge in [0.25, 0.3) is 0 Å². The predicted molar refractivity (Wildman–Crippen MR) is 66.9 cm³/mol. The van der Waals surface area contributed by atoms with Crippen molar-refractivity contribution in [1.82, 2.24) is 4.90 Å². The van der Waals surface area contributed by atoms with E-state index in [0.717, 1.165) is 24.9 Å². The van der Waals surface area contributed by atoms with E-state index in [9.17, 15) is 0 Å². The second-order valence-corrected chi connectivity index (χ2v) is 5.96. The molecule has 1 unspecified atom stereocenters. The van der Waals surface area contributed by atoms with Crippen LogP contribution in [0.5, 0.6) is 0 Å². The van der Waals surface area contributed by atoms with Crippen LogP contribution in [0.25, 0.3) is 0 Å². The van der Waals surface area contributed by atoms with Crippen molar-refractivity contribution < 1.29 is 0 Å². The Morgan fingerprint density at radius 3 is 2.40 bits per heavy atom. The Balaban J connectivity index is 2.42. The fraction of sp³-hybridized carbons (Fsp3) is 1.00. The number of rotatable bonds is 7. The van der Waals surface area contributed by atoms with Gasteiger partial charge in [-0.2, -0.15) is 0 Å². The topological polar surface area (TPSA) is 29.3 Å². The maximum absolute atomic E-state index is 6.33. The van der Waals surface area contributed by atoms with Crippen molar-refractivity contribution in [2.75, 3.05) is 13.1 Å². The van der Waals surface area contributed by atoms with Crippen LogP contribution in [0.2, 0.25) is 0 Å². The number of nitrogens with two attached hydrogens (primary N) is 1. The summed E-state index contributed by atoms with van der Waals surface area (Å²) in [6.45, 7) is 11.3. The molecule has 1 aliphatic carbocycles. The SMILES string of the molecule is CCCC(C)(N)CN(CC(C)C)C1CC1. The maximum atomic E-state index is 6.33. The number of nitrogens with zero attached hydrogens (tertiary/aromatic N) is 1. The highest BCUT2D eigenvalue weighted by atomic mass is 15.2. The Morgan fingerprint density at radius 1 is 1.40 bits per heavy atom. The molecule has 15 heavy (non-hydrogen) atoms. The molecular formula is C13H28N2. The van der Waals surface area contributed by atoms with Crippen molar-refractivity contribution in [2.24, 2.45) is 11.7 Å². The minimum atomic E-state index is 0.00618. The maximum Gasteiger partial charge on any atom is 0.0254 e. The molecule has 0 amide bonds. The summed E-state index contributed by atoms with van der Waals surface area (Å²) in [4.78, 5) is 2.61. The standard InChI is InChI=1S/C13H28N2/c1-5-8-13(4,14)10-15(9-11(2)3)12-6-7-12/h11-12H,5-10,14H2,1-4H3. The molecule has 1 fully saturated rings. The molecule has 2 N–H and O–H groups in total. The summed E-state index contributed by atoms with van der Waals surface area (Å²) in [6, 6.07) is 0.840. The second-order valence-electron chi connectivity index (χ2n) is 5.96. The first kappa shape index (κ1) is 13.0. The lowest BCUT2D eigenvalue weighted by Gasteiger charge is -2.33. The van der Waals surface area contributed by atoms with E-state index >= 15 is 0 Å². The Bertz CT molecular complexity index is 183. The molecule has 2 heteroatoms. The molecule has 0 aromatic heterocycles. The zero-order valence-corrected chi connectivity index (χ0v) is 10.9. The van der Waals surface area contributed by atoms with Crippen LogP contribution >= 0.6 is 0 Å². The third-order valence-electron chi connectivity index (χ3n) is 3.05. The third-order valence-corrected chi connectivity index (χ3v) is 3.05. The molecule has 0 aromatic rings. The van der Waals surface area contributed by atoms with Crippen molar-refractivity contribution in [3.05, 3.63) is 0 Å². The molecule has 0 heterocycles. The molecule has 1 atom stereocenters. The second kappa shape index (κ2) is 5.31. The molecule has 0 spiro atoms. The zero-order chi connectivity index (χ0) is 11.5. The van der Waals surface area contributed by atoms with E-state index in [-0.39, 0.29) is 5.54 Å². The minimum Gasteiger partial charge on any atom is -0.324 e. The number of hydrogen-bond donors (Lipinski definition) is 1. The lowest BCUT2D eigenvalue weighted by atomic mass is 9.96. The van der Waals surface area contributed by atoms with Gasteiger partial charge in [-0.15, -0.1) is 0 Å². The molecule has 0 bridgehead atoms. The molecule has 0 saturated heterocycles. The van der Waals surface area contributed by atoms with Crippen LogP contribution < -0.4 is 5.73 Å². The van der Waals surface area contributed by atoms with Gasteiger partial charge in [-0.25, -0.2) is 0 Å². The summed E-state index contributed by atoms with van der Waals surface area (Å²) < 4.78 is 0. The lowest BCUT2D eigenvalue weighted by Crippen LogP contribution is -2.49. The summed E-state index contributed by atoms with van der Waals surface area (Å²) in [5.74, 6) is 0.753. The molecule has 1 rings (SSSR count). The van der Waals surface area contributed by atoms with E-state index in [1.54, 1.807) is 0 Å². The molecule has 0 aromatic carbocycles. The van der Waals surface area contributed by atoms with E-state index < -0.39 is 0 Å². The zero-order valence-electron chi connectivity index (χ0n) is 10.9. The van der Waals surface area contributed by atoms with Gasteiger partial charge in [-0.05, 0) is 32.1 Å². The molecule has 0 radical (unpaired) electrons. The van der Waals surface area contributed by atoms with Crippen LogP contribution in [0.3, 0.4) is 0 Å². The Kier molecular flexibility index (Phi) is 4.60. The fourth-order valence-electron chi connectivity index (χ4n) is 2.37. The van der Waals surface area contributed by atoms with E-state index in [2.05, 4.69) is 32.6 Å². The first-order chi connectivity index (χ1) is 6.94. The first-order valence-corrected chi connectivity index (χ1v) is 6.47. The lowest BCUT2D eigenvalue weighted by molar-refractivity contribution is 0.181. The first-order valence-electron chi connectivity index (χ1n) is 6.47. The minimum absolute atomic E-state index is 0.00618. The van der Waals surface area contributed by atoms with Gasteiger partial charge in [-0.3, -0.25) is 4.90 Å². The van der Waals surface area contributed by atoms with Gasteiger partial charge < -0.3 is 5.73 Å². The van der Waals surface area contributed by atoms with Crippen LogP contribution in [0.4, 0.5) is 0 Å². The average Bonchev–Trinajstić information content (AvgIpc) is 2.82. The molecule has 1 aliphatic rings. The van der Waals surface area contributed by atoms with Crippen molar-refractivity contribution in [3.63, 3.8) is 0 Å². The highest BCUT2D eigenvalue weighted by Crippen LogP contribution is 2.29. The molecular weight excluding hydrogens is 184 g/mol. The molecule has 90 valence electrons. The van der Waals surface area contributed by atoms with Crippen molar-refractivity contribution in [1.29, 1.82) is 0 Å². The molecule has 2 nitrogen and oxygen atoms in total. The van der Waals surface area contributed by atoms with Gasteiger partial charge in [0, 0.05) is 24.7 Å². The Hall–Kier alpha value is -0.0800. The summed E-state index contributed by atoms with van der Waals surface area (Å²) in [5, 5.41) is 0. The van der Waals surface area contributed by atoms with Crippen molar-refractivity contribution >= 4 is 0 Å².